The predicted octanol–water partition coefficient (Wildman–Crippen LogP) is 3.82. The summed E-state index contributed by atoms with van der Waals surface area (Å²) in [7, 11) is 0. The number of aromatic carboxylic acids is 1. The van der Waals surface area contributed by atoms with Gasteiger partial charge in [0.2, 0.25) is 11.7 Å². The molecule has 0 aliphatic carbocycles. The van der Waals surface area contributed by atoms with Gasteiger partial charge in [0.1, 0.15) is 0 Å². The Hall–Kier alpha value is -1.83. The number of aromatic nitrogens is 1. The van der Waals surface area contributed by atoms with Crippen LogP contribution in [0.1, 0.15) is 16.2 Å². The van der Waals surface area contributed by atoms with Gasteiger partial charge in [-0.15, -0.1) is 0 Å². The van der Waals surface area contributed by atoms with Crippen molar-refractivity contribution in [3.05, 3.63) is 40.2 Å². The lowest BCUT2D eigenvalue weighted by atomic mass is 10.2. The Labute approximate surface area is 113 Å². The monoisotopic (exact) mass is 335 g/mol. The Bertz CT molecular complexity index is 636. The molecule has 1 aromatic carbocycles. The molecular weight excluding hydrogens is 331 g/mol. The molecule has 4 nitrogen and oxygen atoms in total. The fourth-order valence-electron chi connectivity index (χ4n) is 1.40. The fourth-order valence-corrected chi connectivity index (χ4v) is 1.80. The normalized spacial score (nSPS) is 11.6. The third kappa shape index (κ3) is 2.78. The molecule has 1 aromatic heterocycles. The molecule has 0 bridgehead atoms. The van der Waals surface area contributed by atoms with E-state index in [0.717, 1.165) is 0 Å². The van der Waals surface area contributed by atoms with E-state index in [0.29, 0.717) is 4.47 Å². The van der Waals surface area contributed by atoms with Crippen LogP contribution >= 0.6 is 15.9 Å². The molecule has 1 N–H and O–H groups in total. The number of carboxylic acids is 1. The fraction of sp³-hybridized carbons (Fsp3) is 0.0909. The number of alkyl halides is 3. The van der Waals surface area contributed by atoms with Gasteiger partial charge in [0.15, 0.2) is 5.69 Å². The number of benzene rings is 1. The van der Waals surface area contributed by atoms with E-state index in [4.69, 9.17) is 9.52 Å². The van der Waals surface area contributed by atoms with Gasteiger partial charge in [-0.3, -0.25) is 0 Å². The van der Waals surface area contributed by atoms with Crippen LogP contribution in [0.15, 0.2) is 33.2 Å². The van der Waals surface area contributed by atoms with Crippen LogP contribution in [-0.4, -0.2) is 16.1 Å². The summed E-state index contributed by atoms with van der Waals surface area (Å²) in [6, 6.07) is 6.16. The molecule has 0 aliphatic rings. The van der Waals surface area contributed by atoms with Crippen LogP contribution in [0.4, 0.5) is 13.2 Å². The van der Waals surface area contributed by atoms with Gasteiger partial charge < -0.3 is 9.52 Å². The number of nitrogens with zero attached hydrogens (tertiary/aromatic N) is 1. The third-order valence-electron chi connectivity index (χ3n) is 2.16. The number of hydrogen-bond donors (Lipinski definition) is 1. The topological polar surface area (TPSA) is 63.3 Å². The van der Waals surface area contributed by atoms with Crippen LogP contribution in [0.25, 0.3) is 11.5 Å². The lowest BCUT2D eigenvalue weighted by Crippen LogP contribution is -2.11. The van der Waals surface area contributed by atoms with Gasteiger partial charge in [-0.25, -0.2) is 9.78 Å². The standard InChI is InChI=1S/C11H5BrF3NO3/c12-6-3-1-2-5(4-6)9-16-8(11(13,14)15)7(19-9)10(17)18/h1-4H,(H,17,18). The maximum atomic E-state index is 12.6. The Balaban J connectivity index is 2.58. The van der Waals surface area contributed by atoms with Crippen LogP contribution in [-0.2, 0) is 6.18 Å². The van der Waals surface area contributed by atoms with Gasteiger partial charge in [-0.2, -0.15) is 13.2 Å². The van der Waals surface area contributed by atoms with E-state index in [1.54, 1.807) is 12.1 Å². The lowest BCUT2D eigenvalue weighted by molar-refractivity contribution is -0.141. The highest BCUT2D eigenvalue weighted by molar-refractivity contribution is 9.10. The first-order valence-corrected chi connectivity index (χ1v) is 5.65. The molecule has 8 heteroatoms. The van der Waals surface area contributed by atoms with Gasteiger partial charge in [-0.1, -0.05) is 22.0 Å². The van der Waals surface area contributed by atoms with Crippen molar-refractivity contribution < 1.29 is 27.5 Å². The zero-order chi connectivity index (χ0) is 14.2. The third-order valence-corrected chi connectivity index (χ3v) is 2.65. The molecular formula is C11H5BrF3NO3. The first kappa shape index (κ1) is 13.6. The molecule has 0 fully saturated rings. The van der Waals surface area contributed by atoms with Crippen molar-refractivity contribution in [3.63, 3.8) is 0 Å². The van der Waals surface area contributed by atoms with Gasteiger partial charge in [-0.05, 0) is 18.2 Å². The molecule has 19 heavy (non-hydrogen) atoms. The summed E-state index contributed by atoms with van der Waals surface area (Å²) >= 11 is 3.15. The average Bonchev–Trinajstić information content (AvgIpc) is 2.73. The highest BCUT2D eigenvalue weighted by Crippen LogP contribution is 2.34. The zero-order valence-electron chi connectivity index (χ0n) is 9.03. The smallest absolute Gasteiger partial charge is 0.437 e. The Kier molecular flexibility index (Phi) is 3.36. The maximum absolute atomic E-state index is 12.6. The van der Waals surface area contributed by atoms with Crippen molar-refractivity contribution in [1.82, 2.24) is 4.98 Å². The maximum Gasteiger partial charge on any atom is 0.437 e. The second-order valence-corrected chi connectivity index (χ2v) is 4.43. The molecule has 0 unspecified atom stereocenters. The van der Waals surface area contributed by atoms with Crippen molar-refractivity contribution in [3.8, 4) is 11.5 Å². The van der Waals surface area contributed by atoms with Gasteiger partial charge in [0.05, 0.1) is 0 Å². The number of halogens is 4. The second kappa shape index (κ2) is 4.69. The molecule has 100 valence electrons. The summed E-state index contributed by atoms with van der Waals surface area (Å²) in [4.78, 5) is 14.0. The van der Waals surface area contributed by atoms with E-state index in [9.17, 15) is 18.0 Å². The van der Waals surface area contributed by atoms with E-state index < -0.39 is 29.5 Å². The number of hydrogen-bond acceptors (Lipinski definition) is 3. The quantitative estimate of drug-likeness (QED) is 0.906. The summed E-state index contributed by atoms with van der Waals surface area (Å²) in [6.45, 7) is 0. The van der Waals surface area contributed by atoms with E-state index in [1.165, 1.54) is 12.1 Å². The Morgan fingerprint density at radius 1 is 1.37 bits per heavy atom. The van der Waals surface area contributed by atoms with Crippen LogP contribution < -0.4 is 0 Å². The van der Waals surface area contributed by atoms with Crippen molar-refractivity contribution >= 4 is 21.9 Å². The Morgan fingerprint density at radius 2 is 2.05 bits per heavy atom. The molecule has 1 heterocycles. The second-order valence-electron chi connectivity index (χ2n) is 3.51. The van der Waals surface area contributed by atoms with Crippen LogP contribution in [0, 0.1) is 0 Å². The number of carboxylic acid groups (broad SMARTS) is 1. The number of oxazole rings is 1. The summed E-state index contributed by atoms with van der Waals surface area (Å²) in [5, 5.41) is 8.70. The van der Waals surface area contributed by atoms with E-state index in [-0.39, 0.29) is 5.56 Å². The van der Waals surface area contributed by atoms with Crippen molar-refractivity contribution in [2.24, 2.45) is 0 Å². The molecule has 0 amide bonds. The highest BCUT2D eigenvalue weighted by Gasteiger charge is 2.41. The van der Waals surface area contributed by atoms with E-state index >= 15 is 0 Å². The van der Waals surface area contributed by atoms with Crippen LogP contribution in [0.2, 0.25) is 0 Å². The average molecular weight is 336 g/mol. The molecule has 0 aliphatic heterocycles. The predicted molar refractivity (Wildman–Crippen MR) is 61.6 cm³/mol. The number of carbonyl (C=O) groups is 1. The number of rotatable bonds is 2. The van der Waals surface area contributed by atoms with Crippen molar-refractivity contribution in [2.75, 3.05) is 0 Å². The molecule has 0 radical (unpaired) electrons. The molecule has 0 atom stereocenters. The summed E-state index contributed by atoms with van der Waals surface area (Å²) in [6.07, 6.45) is -4.89. The molecule has 0 saturated carbocycles. The van der Waals surface area contributed by atoms with Crippen molar-refractivity contribution in [1.29, 1.82) is 0 Å². The minimum atomic E-state index is -4.89. The van der Waals surface area contributed by atoms with Gasteiger partial charge in [0.25, 0.3) is 0 Å². The first-order valence-electron chi connectivity index (χ1n) is 4.86. The molecule has 0 spiro atoms. The largest absolute Gasteiger partial charge is 0.475 e. The molecule has 2 rings (SSSR count). The first-order chi connectivity index (χ1) is 8.79. The Morgan fingerprint density at radius 3 is 2.53 bits per heavy atom. The van der Waals surface area contributed by atoms with Crippen molar-refractivity contribution in [2.45, 2.75) is 6.18 Å². The SMILES string of the molecule is O=C(O)c1oc(-c2cccc(Br)c2)nc1C(F)(F)F. The molecule has 2 aromatic rings. The van der Waals surface area contributed by atoms with Gasteiger partial charge >= 0.3 is 12.1 Å². The van der Waals surface area contributed by atoms with E-state index in [2.05, 4.69) is 20.9 Å². The summed E-state index contributed by atoms with van der Waals surface area (Å²) in [5.74, 6) is -3.44. The zero-order valence-corrected chi connectivity index (χ0v) is 10.6. The minimum Gasteiger partial charge on any atom is -0.475 e. The lowest BCUT2D eigenvalue weighted by Gasteiger charge is -2.00. The van der Waals surface area contributed by atoms with E-state index in [1.807, 2.05) is 0 Å². The summed E-state index contributed by atoms with van der Waals surface area (Å²) in [5.41, 5.74) is -1.30. The minimum absolute atomic E-state index is 0.243. The van der Waals surface area contributed by atoms with Crippen LogP contribution in [0.3, 0.4) is 0 Å². The van der Waals surface area contributed by atoms with Gasteiger partial charge in [0, 0.05) is 10.0 Å². The molecule has 0 saturated heterocycles. The van der Waals surface area contributed by atoms with Crippen LogP contribution in [0.5, 0.6) is 0 Å². The highest BCUT2D eigenvalue weighted by atomic mass is 79.9. The summed E-state index contributed by atoms with van der Waals surface area (Å²) < 4.78 is 43.2.